The summed E-state index contributed by atoms with van der Waals surface area (Å²) in [4.78, 5) is 18.9. The van der Waals surface area contributed by atoms with Crippen molar-refractivity contribution >= 4 is 34.0 Å². The number of carbonyl (C=O) groups excluding carboxylic acids is 1. The number of anilines is 1. The lowest BCUT2D eigenvalue weighted by Gasteiger charge is -2.16. The summed E-state index contributed by atoms with van der Waals surface area (Å²) in [5, 5.41) is 6.52. The second kappa shape index (κ2) is 6.54. The number of nitrogens with zero attached hydrogens (tertiary/aromatic N) is 2. The van der Waals surface area contributed by atoms with Crippen LogP contribution in [0, 0.1) is 0 Å². The van der Waals surface area contributed by atoms with E-state index >= 15 is 0 Å². The molecule has 1 fully saturated rings. The Morgan fingerprint density at radius 3 is 3.14 bits per heavy atom. The lowest BCUT2D eigenvalue weighted by molar-refractivity contribution is 0.0937. The van der Waals surface area contributed by atoms with Crippen LogP contribution >= 0.6 is 22.9 Å². The Balaban J connectivity index is 1.67. The molecule has 1 aromatic heterocycles. The zero-order valence-corrected chi connectivity index (χ0v) is 13.7. The maximum absolute atomic E-state index is 12.4. The number of carbonyl (C=O) groups is 1. The van der Waals surface area contributed by atoms with E-state index in [-0.39, 0.29) is 11.9 Å². The summed E-state index contributed by atoms with van der Waals surface area (Å²) in [5.41, 5.74) is 0.461. The topological polar surface area (TPSA) is 54.5 Å². The highest BCUT2D eigenvalue weighted by Gasteiger charge is 2.26. The van der Waals surface area contributed by atoms with E-state index in [0.717, 1.165) is 24.6 Å². The van der Waals surface area contributed by atoms with Gasteiger partial charge in [0.1, 0.15) is 5.75 Å². The quantitative estimate of drug-likeness (QED) is 0.932. The van der Waals surface area contributed by atoms with Gasteiger partial charge in [-0.25, -0.2) is 4.98 Å². The first-order valence-electron chi connectivity index (χ1n) is 6.96. The van der Waals surface area contributed by atoms with Crippen molar-refractivity contribution in [3.8, 4) is 5.75 Å². The van der Waals surface area contributed by atoms with Crippen LogP contribution in [-0.2, 0) is 0 Å². The number of aromatic nitrogens is 1. The monoisotopic (exact) mass is 337 g/mol. The first kappa shape index (κ1) is 15.1. The van der Waals surface area contributed by atoms with E-state index in [2.05, 4.69) is 15.2 Å². The van der Waals surface area contributed by atoms with Gasteiger partial charge in [0.15, 0.2) is 5.13 Å². The number of ether oxygens (including phenoxy) is 1. The minimum atomic E-state index is -0.162. The zero-order valence-electron chi connectivity index (χ0n) is 12.1. The van der Waals surface area contributed by atoms with Gasteiger partial charge in [-0.2, -0.15) is 0 Å². The van der Waals surface area contributed by atoms with Crippen molar-refractivity contribution in [2.45, 2.75) is 12.5 Å². The van der Waals surface area contributed by atoms with Crippen molar-refractivity contribution in [1.29, 1.82) is 0 Å². The Bertz CT molecular complexity index is 663. The Morgan fingerprint density at radius 2 is 2.41 bits per heavy atom. The lowest BCUT2D eigenvalue weighted by atomic mass is 10.1. The van der Waals surface area contributed by atoms with Crippen molar-refractivity contribution < 1.29 is 9.53 Å². The first-order chi connectivity index (χ1) is 10.7. The van der Waals surface area contributed by atoms with E-state index in [1.807, 2.05) is 5.38 Å². The molecular weight excluding hydrogens is 322 g/mol. The van der Waals surface area contributed by atoms with Gasteiger partial charge in [-0.05, 0) is 24.6 Å². The summed E-state index contributed by atoms with van der Waals surface area (Å²) in [6, 6.07) is 5.13. The van der Waals surface area contributed by atoms with Crippen LogP contribution in [0.25, 0.3) is 0 Å². The summed E-state index contributed by atoms with van der Waals surface area (Å²) < 4.78 is 5.23. The fourth-order valence-electron chi connectivity index (χ4n) is 2.54. The summed E-state index contributed by atoms with van der Waals surface area (Å²) in [6.45, 7) is 1.66. The predicted molar refractivity (Wildman–Crippen MR) is 88.2 cm³/mol. The van der Waals surface area contributed by atoms with Crippen LogP contribution in [0.15, 0.2) is 29.8 Å². The van der Waals surface area contributed by atoms with Crippen LogP contribution in [0.3, 0.4) is 0 Å². The van der Waals surface area contributed by atoms with E-state index in [1.165, 1.54) is 0 Å². The molecular formula is C15H16ClN3O2S. The van der Waals surface area contributed by atoms with Gasteiger partial charge in [-0.1, -0.05) is 11.6 Å². The Morgan fingerprint density at radius 1 is 1.55 bits per heavy atom. The molecule has 116 valence electrons. The lowest BCUT2D eigenvalue weighted by Crippen LogP contribution is -2.37. The van der Waals surface area contributed by atoms with Crippen LogP contribution in [0.2, 0.25) is 5.02 Å². The molecule has 2 heterocycles. The molecule has 1 aliphatic rings. The number of benzene rings is 1. The van der Waals surface area contributed by atoms with E-state index in [4.69, 9.17) is 16.3 Å². The Labute approximate surface area is 137 Å². The van der Waals surface area contributed by atoms with Gasteiger partial charge in [0, 0.05) is 35.7 Å². The van der Waals surface area contributed by atoms with Gasteiger partial charge in [-0.15, -0.1) is 11.3 Å². The molecule has 1 atom stereocenters. The predicted octanol–water partition coefficient (Wildman–Crippen LogP) is 2.81. The van der Waals surface area contributed by atoms with Crippen molar-refractivity contribution in [1.82, 2.24) is 10.3 Å². The molecule has 1 unspecified atom stereocenters. The van der Waals surface area contributed by atoms with Crippen LogP contribution in [0.5, 0.6) is 5.75 Å². The fraction of sp³-hybridized carbons (Fsp3) is 0.333. The molecule has 1 aliphatic heterocycles. The average Bonchev–Trinajstić information content (AvgIpc) is 3.17. The minimum absolute atomic E-state index is 0.0973. The van der Waals surface area contributed by atoms with Crippen LogP contribution in [0.4, 0.5) is 5.13 Å². The summed E-state index contributed by atoms with van der Waals surface area (Å²) in [6.07, 6.45) is 2.69. The number of hydrogen-bond acceptors (Lipinski definition) is 5. The molecule has 7 heteroatoms. The average molecular weight is 338 g/mol. The molecule has 0 aliphatic carbocycles. The number of hydrogen-bond donors (Lipinski definition) is 1. The molecule has 0 spiro atoms. The van der Waals surface area contributed by atoms with E-state index in [9.17, 15) is 4.79 Å². The smallest absolute Gasteiger partial charge is 0.255 e. The highest BCUT2D eigenvalue weighted by Crippen LogP contribution is 2.25. The van der Waals surface area contributed by atoms with E-state index in [0.29, 0.717) is 16.3 Å². The van der Waals surface area contributed by atoms with Crippen molar-refractivity contribution in [3.05, 3.63) is 40.4 Å². The Kier molecular flexibility index (Phi) is 4.49. The number of rotatable bonds is 4. The summed E-state index contributed by atoms with van der Waals surface area (Å²) in [7, 11) is 1.54. The minimum Gasteiger partial charge on any atom is -0.496 e. The fourth-order valence-corrected chi connectivity index (χ4v) is 3.40. The Hall–Kier alpha value is -1.79. The van der Waals surface area contributed by atoms with E-state index in [1.54, 1.807) is 42.8 Å². The molecule has 0 bridgehead atoms. The number of amides is 1. The van der Waals surface area contributed by atoms with Crippen molar-refractivity contribution in [2.24, 2.45) is 0 Å². The molecule has 3 rings (SSSR count). The molecule has 2 aromatic rings. The molecule has 22 heavy (non-hydrogen) atoms. The molecule has 1 saturated heterocycles. The maximum atomic E-state index is 12.4. The number of nitrogens with one attached hydrogen (secondary N) is 1. The van der Waals surface area contributed by atoms with Crippen LogP contribution < -0.4 is 15.0 Å². The second-order valence-corrected chi connectivity index (χ2v) is 6.37. The molecule has 1 aromatic carbocycles. The van der Waals surface area contributed by atoms with Gasteiger partial charge in [0.25, 0.3) is 5.91 Å². The highest BCUT2D eigenvalue weighted by molar-refractivity contribution is 7.13. The van der Waals surface area contributed by atoms with Gasteiger partial charge in [0.05, 0.1) is 12.7 Å². The number of halogens is 1. The maximum Gasteiger partial charge on any atom is 0.255 e. The molecule has 1 N–H and O–H groups in total. The van der Waals surface area contributed by atoms with Gasteiger partial charge in [0.2, 0.25) is 0 Å². The molecule has 1 amide bonds. The van der Waals surface area contributed by atoms with Gasteiger partial charge in [-0.3, -0.25) is 4.79 Å². The normalized spacial score (nSPS) is 17.5. The highest BCUT2D eigenvalue weighted by atomic mass is 35.5. The molecule has 5 nitrogen and oxygen atoms in total. The van der Waals surface area contributed by atoms with Gasteiger partial charge < -0.3 is 15.0 Å². The van der Waals surface area contributed by atoms with E-state index < -0.39 is 0 Å². The molecule has 0 radical (unpaired) electrons. The summed E-state index contributed by atoms with van der Waals surface area (Å²) >= 11 is 7.58. The summed E-state index contributed by atoms with van der Waals surface area (Å²) in [5.74, 6) is 0.363. The third-order valence-corrected chi connectivity index (χ3v) is 4.69. The van der Waals surface area contributed by atoms with Gasteiger partial charge >= 0.3 is 0 Å². The standard InChI is InChI=1S/C15H16ClN3O2S/c1-21-13-3-2-10(16)8-12(13)14(20)18-11-4-6-19(9-11)15-17-5-7-22-15/h2-3,5,7-8,11H,4,6,9H2,1H3,(H,18,20). The largest absolute Gasteiger partial charge is 0.496 e. The second-order valence-electron chi connectivity index (χ2n) is 5.06. The number of methoxy groups -OCH3 is 1. The third kappa shape index (κ3) is 3.18. The van der Waals surface area contributed by atoms with Crippen LogP contribution in [-0.4, -0.2) is 37.1 Å². The van der Waals surface area contributed by atoms with Crippen LogP contribution in [0.1, 0.15) is 16.8 Å². The van der Waals surface area contributed by atoms with Crippen molar-refractivity contribution in [2.75, 3.05) is 25.1 Å². The van der Waals surface area contributed by atoms with Crippen molar-refractivity contribution in [3.63, 3.8) is 0 Å². The third-order valence-electron chi connectivity index (χ3n) is 3.62. The zero-order chi connectivity index (χ0) is 15.5. The molecule has 0 saturated carbocycles. The SMILES string of the molecule is COc1ccc(Cl)cc1C(=O)NC1CCN(c2nccs2)C1. The first-order valence-corrected chi connectivity index (χ1v) is 8.22. The number of thiazole rings is 1.